The van der Waals surface area contributed by atoms with Crippen LogP contribution in [0.4, 0.5) is 0 Å². The highest BCUT2D eigenvalue weighted by Gasteiger charge is 2.22. The molecule has 1 heterocycles. The predicted octanol–water partition coefficient (Wildman–Crippen LogP) is 1.20. The highest BCUT2D eigenvalue weighted by molar-refractivity contribution is 5.76. The molecular formula is C11H21NO2. The minimum absolute atomic E-state index is 0.253. The van der Waals surface area contributed by atoms with Crippen molar-refractivity contribution in [3.63, 3.8) is 0 Å². The third-order valence-electron chi connectivity index (χ3n) is 2.88. The van der Waals surface area contributed by atoms with Crippen LogP contribution < -0.4 is 0 Å². The second-order valence-electron chi connectivity index (χ2n) is 4.17. The molecule has 3 heteroatoms. The summed E-state index contributed by atoms with van der Waals surface area (Å²) in [6.45, 7) is 3.95. The first kappa shape index (κ1) is 11.7. The number of carbonyl (C=O) groups is 1. The molecule has 1 saturated heterocycles. The average molecular weight is 199 g/mol. The Kier molecular flexibility index (Phi) is 5.12. The summed E-state index contributed by atoms with van der Waals surface area (Å²) < 4.78 is 0. The zero-order chi connectivity index (χ0) is 10.4. The summed E-state index contributed by atoms with van der Waals surface area (Å²) in [5.41, 5.74) is 0. The summed E-state index contributed by atoms with van der Waals surface area (Å²) in [5, 5.41) is 8.77. The fraction of sp³-hybridized carbons (Fsp3) is 0.909. The monoisotopic (exact) mass is 199 g/mol. The largest absolute Gasteiger partial charge is 0.396 e. The summed E-state index contributed by atoms with van der Waals surface area (Å²) in [7, 11) is 0. The number of carbonyl (C=O) groups excluding carboxylic acids is 1. The lowest BCUT2D eigenvalue weighted by Gasteiger charge is -2.35. The molecule has 0 aromatic heterocycles. The molecule has 82 valence electrons. The molecule has 0 aromatic rings. The van der Waals surface area contributed by atoms with E-state index in [1.165, 1.54) is 12.8 Å². The van der Waals surface area contributed by atoms with Gasteiger partial charge in [0.25, 0.3) is 0 Å². The number of piperidine rings is 1. The van der Waals surface area contributed by atoms with E-state index < -0.39 is 0 Å². The lowest BCUT2D eigenvalue weighted by molar-refractivity contribution is -0.118. The van der Waals surface area contributed by atoms with Crippen LogP contribution in [-0.4, -0.2) is 41.5 Å². The molecule has 3 nitrogen and oxygen atoms in total. The van der Waals surface area contributed by atoms with E-state index in [9.17, 15) is 4.79 Å². The average Bonchev–Trinajstić information content (AvgIpc) is 2.16. The molecule has 0 aromatic carbocycles. The van der Waals surface area contributed by atoms with Crippen molar-refractivity contribution in [2.45, 2.75) is 45.1 Å². The molecule has 1 fully saturated rings. The van der Waals surface area contributed by atoms with Gasteiger partial charge in [-0.25, -0.2) is 0 Å². The van der Waals surface area contributed by atoms with Gasteiger partial charge in [-0.1, -0.05) is 6.42 Å². The molecule has 0 radical (unpaired) electrons. The van der Waals surface area contributed by atoms with Gasteiger partial charge >= 0.3 is 0 Å². The minimum Gasteiger partial charge on any atom is -0.396 e. The lowest BCUT2D eigenvalue weighted by Crippen LogP contribution is -2.41. The standard InChI is InChI=1S/C11H21NO2/c1-10(14)9-11-5-2-3-6-12(11)7-4-8-13/h11,13H,2-9H2,1H3. The van der Waals surface area contributed by atoms with Gasteiger partial charge in [0.05, 0.1) is 0 Å². The smallest absolute Gasteiger partial charge is 0.131 e. The van der Waals surface area contributed by atoms with Gasteiger partial charge in [-0.2, -0.15) is 0 Å². The third-order valence-corrected chi connectivity index (χ3v) is 2.88. The Morgan fingerprint density at radius 1 is 1.50 bits per heavy atom. The van der Waals surface area contributed by atoms with Gasteiger partial charge in [0.2, 0.25) is 0 Å². The quantitative estimate of drug-likeness (QED) is 0.723. The van der Waals surface area contributed by atoms with E-state index in [2.05, 4.69) is 4.90 Å². The van der Waals surface area contributed by atoms with Crippen LogP contribution in [0.25, 0.3) is 0 Å². The molecule has 14 heavy (non-hydrogen) atoms. The number of aliphatic hydroxyl groups excluding tert-OH is 1. The third kappa shape index (κ3) is 3.76. The van der Waals surface area contributed by atoms with Gasteiger partial charge in [0.1, 0.15) is 5.78 Å². The number of hydrogen-bond donors (Lipinski definition) is 1. The van der Waals surface area contributed by atoms with Crippen molar-refractivity contribution in [1.29, 1.82) is 0 Å². The highest BCUT2D eigenvalue weighted by atomic mass is 16.3. The van der Waals surface area contributed by atoms with Gasteiger partial charge in [0, 0.05) is 25.6 Å². The molecule has 1 unspecified atom stereocenters. The van der Waals surface area contributed by atoms with Crippen LogP contribution in [0.3, 0.4) is 0 Å². The fourth-order valence-electron chi connectivity index (χ4n) is 2.19. The Morgan fingerprint density at radius 3 is 2.93 bits per heavy atom. The van der Waals surface area contributed by atoms with Crippen LogP contribution in [0.15, 0.2) is 0 Å². The maximum atomic E-state index is 11.1. The first-order valence-corrected chi connectivity index (χ1v) is 5.58. The van der Waals surface area contributed by atoms with E-state index in [0.717, 1.165) is 25.9 Å². The maximum absolute atomic E-state index is 11.1. The van der Waals surface area contributed by atoms with Crippen LogP contribution in [0.5, 0.6) is 0 Å². The van der Waals surface area contributed by atoms with Crippen LogP contribution >= 0.6 is 0 Å². The maximum Gasteiger partial charge on any atom is 0.131 e. The number of likely N-dealkylation sites (tertiary alicyclic amines) is 1. The molecule has 0 aliphatic carbocycles. The number of ketones is 1. The van der Waals surface area contributed by atoms with E-state index in [1.807, 2.05) is 0 Å². The van der Waals surface area contributed by atoms with Gasteiger partial charge in [0.15, 0.2) is 0 Å². The van der Waals surface area contributed by atoms with Gasteiger partial charge in [-0.05, 0) is 32.7 Å². The Hall–Kier alpha value is -0.410. The fourth-order valence-corrected chi connectivity index (χ4v) is 2.19. The molecule has 0 saturated carbocycles. The van der Waals surface area contributed by atoms with Crippen molar-refractivity contribution in [3.05, 3.63) is 0 Å². The Labute approximate surface area is 86.1 Å². The molecule has 1 rings (SSSR count). The first-order chi connectivity index (χ1) is 6.74. The van der Waals surface area contributed by atoms with Crippen molar-refractivity contribution in [1.82, 2.24) is 4.90 Å². The summed E-state index contributed by atoms with van der Waals surface area (Å²) in [6.07, 6.45) is 5.14. The van der Waals surface area contributed by atoms with Crippen molar-refractivity contribution in [3.8, 4) is 0 Å². The van der Waals surface area contributed by atoms with Crippen molar-refractivity contribution < 1.29 is 9.90 Å². The highest BCUT2D eigenvalue weighted by Crippen LogP contribution is 2.19. The SMILES string of the molecule is CC(=O)CC1CCCCN1CCCO. The molecule has 0 amide bonds. The van der Waals surface area contributed by atoms with E-state index in [-0.39, 0.29) is 12.4 Å². The van der Waals surface area contributed by atoms with Crippen molar-refractivity contribution in [2.75, 3.05) is 19.7 Å². The van der Waals surface area contributed by atoms with Crippen molar-refractivity contribution in [2.24, 2.45) is 0 Å². The first-order valence-electron chi connectivity index (χ1n) is 5.58. The molecular weight excluding hydrogens is 178 g/mol. The van der Waals surface area contributed by atoms with Crippen LogP contribution in [-0.2, 0) is 4.79 Å². The second-order valence-corrected chi connectivity index (χ2v) is 4.17. The Balaban J connectivity index is 2.37. The van der Waals surface area contributed by atoms with Gasteiger partial charge in [-0.3, -0.25) is 9.69 Å². The zero-order valence-electron chi connectivity index (χ0n) is 9.04. The minimum atomic E-state index is 0.253. The van der Waals surface area contributed by atoms with Crippen LogP contribution in [0.2, 0.25) is 0 Å². The number of hydrogen-bond acceptors (Lipinski definition) is 3. The lowest BCUT2D eigenvalue weighted by atomic mass is 9.97. The van der Waals surface area contributed by atoms with Crippen LogP contribution in [0, 0.1) is 0 Å². The molecule has 1 aliphatic heterocycles. The summed E-state index contributed by atoms with van der Waals surface area (Å²) in [5.74, 6) is 0.283. The topological polar surface area (TPSA) is 40.5 Å². The number of aliphatic hydroxyl groups is 1. The van der Waals surface area contributed by atoms with E-state index in [4.69, 9.17) is 5.11 Å². The Bertz CT molecular complexity index is 182. The molecule has 0 spiro atoms. The van der Waals surface area contributed by atoms with E-state index >= 15 is 0 Å². The van der Waals surface area contributed by atoms with Crippen molar-refractivity contribution >= 4 is 5.78 Å². The number of nitrogens with zero attached hydrogens (tertiary/aromatic N) is 1. The second kappa shape index (κ2) is 6.14. The van der Waals surface area contributed by atoms with Gasteiger partial charge < -0.3 is 5.11 Å². The van der Waals surface area contributed by atoms with Gasteiger partial charge in [-0.15, -0.1) is 0 Å². The molecule has 1 N–H and O–H groups in total. The number of Topliss-reactive ketones (excluding diaryl/α,β-unsaturated/α-hetero) is 1. The summed E-state index contributed by atoms with van der Waals surface area (Å²) in [6, 6.07) is 0.438. The molecule has 1 aliphatic rings. The predicted molar refractivity (Wildman–Crippen MR) is 56.2 cm³/mol. The van der Waals surface area contributed by atoms with E-state index in [0.29, 0.717) is 12.5 Å². The summed E-state index contributed by atoms with van der Waals surface area (Å²) >= 11 is 0. The van der Waals surface area contributed by atoms with E-state index in [1.54, 1.807) is 6.92 Å². The molecule has 1 atom stereocenters. The number of rotatable bonds is 5. The zero-order valence-corrected chi connectivity index (χ0v) is 9.04. The molecule has 0 bridgehead atoms. The normalized spacial score (nSPS) is 23.7. The van der Waals surface area contributed by atoms with Crippen LogP contribution in [0.1, 0.15) is 39.0 Å². The Morgan fingerprint density at radius 2 is 2.29 bits per heavy atom. The summed E-state index contributed by atoms with van der Waals surface area (Å²) in [4.78, 5) is 13.4.